The third kappa shape index (κ3) is 2.19. The Labute approximate surface area is 121 Å². The largest absolute Gasteiger partial charge is 0.434 e. The van der Waals surface area contributed by atoms with Crippen LogP contribution in [0.4, 0.5) is 10.1 Å². The second kappa shape index (κ2) is 4.51. The normalized spacial score (nSPS) is 11.1. The van der Waals surface area contributed by atoms with Crippen molar-refractivity contribution < 1.29 is 8.81 Å². The number of nitrogen functional groups attached to an aromatic ring is 1. The van der Waals surface area contributed by atoms with Crippen LogP contribution in [0.3, 0.4) is 0 Å². The first-order chi connectivity index (χ1) is 9.04. The number of nitrogens with two attached hydrogens (primary N) is 1. The summed E-state index contributed by atoms with van der Waals surface area (Å²) >= 11 is 8.97. The monoisotopic (exact) mass is 340 g/mol. The standard InChI is InChI=1S/C13H7BrClFN2O/c14-7-4-10(17)12-11(5-7)18-13(19-12)6-1-2-8(15)9(16)3-6/h1-5H,17H2. The third-order valence-corrected chi connectivity index (χ3v) is 3.41. The first-order valence-corrected chi connectivity index (χ1v) is 6.52. The molecule has 0 amide bonds. The zero-order chi connectivity index (χ0) is 13.6. The fourth-order valence-electron chi connectivity index (χ4n) is 1.78. The molecule has 1 aromatic heterocycles. The van der Waals surface area contributed by atoms with Gasteiger partial charge in [-0.15, -0.1) is 0 Å². The number of rotatable bonds is 1. The minimum absolute atomic E-state index is 0.0575. The molecule has 96 valence electrons. The molecule has 0 bridgehead atoms. The predicted molar refractivity (Wildman–Crippen MR) is 76.5 cm³/mol. The zero-order valence-corrected chi connectivity index (χ0v) is 11.8. The molecule has 3 nitrogen and oxygen atoms in total. The van der Waals surface area contributed by atoms with Gasteiger partial charge in [0.2, 0.25) is 5.89 Å². The number of fused-ring (bicyclic) bond motifs is 1. The van der Waals surface area contributed by atoms with Gasteiger partial charge in [-0.2, -0.15) is 0 Å². The first-order valence-electron chi connectivity index (χ1n) is 5.35. The number of hydrogen-bond acceptors (Lipinski definition) is 3. The Hall–Kier alpha value is -1.59. The van der Waals surface area contributed by atoms with Gasteiger partial charge in [0, 0.05) is 10.0 Å². The highest BCUT2D eigenvalue weighted by Gasteiger charge is 2.13. The van der Waals surface area contributed by atoms with Crippen LogP contribution in [-0.2, 0) is 0 Å². The molecule has 0 spiro atoms. The number of hydrogen-bond donors (Lipinski definition) is 1. The lowest BCUT2D eigenvalue weighted by atomic mass is 10.2. The van der Waals surface area contributed by atoms with Crippen molar-refractivity contribution >= 4 is 44.3 Å². The van der Waals surface area contributed by atoms with Crippen molar-refractivity contribution in [2.24, 2.45) is 0 Å². The van der Waals surface area contributed by atoms with Crippen molar-refractivity contribution in [2.75, 3.05) is 5.73 Å². The molecule has 6 heteroatoms. The molecule has 2 N–H and O–H groups in total. The van der Waals surface area contributed by atoms with Crippen LogP contribution in [0.2, 0.25) is 5.02 Å². The van der Waals surface area contributed by atoms with E-state index >= 15 is 0 Å². The molecule has 19 heavy (non-hydrogen) atoms. The van der Waals surface area contributed by atoms with E-state index in [0.29, 0.717) is 28.2 Å². The SMILES string of the molecule is Nc1cc(Br)cc2nc(-c3ccc(Cl)c(F)c3)oc12. The second-order valence-electron chi connectivity index (χ2n) is 3.99. The molecule has 0 atom stereocenters. The van der Waals surface area contributed by atoms with Gasteiger partial charge in [-0.3, -0.25) is 0 Å². The Bertz CT molecular complexity index is 788. The molecule has 3 rings (SSSR count). The summed E-state index contributed by atoms with van der Waals surface area (Å²) in [4.78, 5) is 4.29. The Kier molecular flexibility index (Phi) is 2.95. The molecule has 0 fully saturated rings. The van der Waals surface area contributed by atoms with Gasteiger partial charge in [0.05, 0.1) is 10.7 Å². The fraction of sp³-hybridized carbons (Fsp3) is 0. The number of aromatic nitrogens is 1. The summed E-state index contributed by atoms with van der Waals surface area (Å²) in [5, 5.41) is 0.0575. The summed E-state index contributed by atoms with van der Waals surface area (Å²) < 4.78 is 19.8. The Balaban J connectivity index is 2.20. The van der Waals surface area contributed by atoms with Crippen LogP contribution in [0.15, 0.2) is 39.2 Å². The minimum atomic E-state index is -0.518. The summed E-state index contributed by atoms with van der Waals surface area (Å²) in [6, 6.07) is 7.88. The number of nitrogens with zero attached hydrogens (tertiary/aromatic N) is 1. The zero-order valence-electron chi connectivity index (χ0n) is 9.45. The predicted octanol–water partition coefficient (Wildman–Crippen LogP) is 4.63. The fourth-order valence-corrected chi connectivity index (χ4v) is 2.36. The lowest BCUT2D eigenvalue weighted by Gasteiger charge is -1.97. The molecular weight excluding hydrogens is 335 g/mol. The highest BCUT2D eigenvalue weighted by atomic mass is 79.9. The summed E-state index contributed by atoms with van der Waals surface area (Å²) in [6.07, 6.45) is 0. The van der Waals surface area contributed by atoms with E-state index in [9.17, 15) is 4.39 Å². The van der Waals surface area contributed by atoms with Crippen LogP contribution in [0.25, 0.3) is 22.6 Å². The summed E-state index contributed by atoms with van der Waals surface area (Å²) in [7, 11) is 0. The van der Waals surface area contributed by atoms with E-state index in [1.807, 2.05) is 0 Å². The maximum absolute atomic E-state index is 13.4. The summed E-state index contributed by atoms with van der Waals surface area (Å²) in [5.41, 5.74) is 7.91. The van der Waals surface area contributed by atoms with E-state index in [-0.39, 0.29) is 5.02 Å². The number of benzene rings is 2. The molecule has 0 aliphatic carbocycles. The van der Waals surface area contributed by atoms with Gasteiger partial charge in [0.25, 0.3) is 0 Å². The van der Waals surface area contributed by atoms with Crippen LogP contribution >= 0.6 is 27.5 Å². The van der Waals surface area contributed by atoms with Crippen molar-refractivity contribution in [3.8, 4) is 11.5 Å². The average molecular weight is 342 g/mol. The molecular formula is C13H7BrClFN2O. The van der Waals surface area contributed by atoms with Gasteiger partial charge in [-0.05, 0) is 30.3 Å². The molecule has 0 radical (unpaired) electrons. The molecule has 1 heterocycles. The van der Waals surface area contributed by atoms with E-state index in [1.54, 1.807) is 18.2 Å². The van der Waals surface area contributed by atoms with Gasteiger partial charge in [0.1, 0.15) is 11.3 Å². The molecule has 0 saturated carbocycles. The van der Waals surface area contributed by atoms with Crippen LogP contribution in [0, 0.1) is 5.82 Å². The Morgan fingerprint density at radius 2 is 2.05 bits per heavy atom. The van der Waals surface area contributed by atoms with Gasteiger partial charge < -0.3 is 10.2 Å². The topological polar surface area (TPSA) is 52.0 Å². The first kappa shape index (κ1) is 12.4. The number of anilines is 1. The quantitative estimate of drug-likeness (QED) is 0.656. The van der Waals surface area contributed by atoms with Crippen molar-refractivity contribution in [1.29, 1.82) is 0 Å². The van der Waals surface area contributed by atoms with Gasteiger partial charge in [-0.1, -0.05) is 27.5 Å². The van der Waals surface area contributed by atoms with E-state index in [4.69, 9.17) is 21.8 Å². The molecule has 0 unspecified atom stereocenters. The average Bonchev–Trinajstić information content (AvgIpc) is 2.76. The van der Waals surface area contributed by atoms with Crippen LogP contribution in [-0.4, -0.2) is 4.98 Å². The van der Waals surface area contributed by atoms with E-state index in [0.717, 1.165) is 4.47 Å². The second-order valence-corrected chi connectivity index (χ2v) is 5.31. The molecule has 3 aromatic rings. The van der Waals surface area contributed by atoms with E-state index < -0.39 is 5.82 Å². The lowest BCUT2D eigenvalue weighted by molar-refractivity contribution is 0.612. The van der Waals surface area contributed by atoms with Gasteiger partial charge >= 0.3 is 0 Å². The van der Waals surface area contributed by atoms with Crippen LogP contribution in [0.5, 0.6) is 0 Å². The third-order valence-electron chi connectivity index (χ3n) is 2.65. The van der Waals surface area contributed by atoms with Crippen molar-refractivity contribution in [3.05, 3.63) is 45.6 Å². The maximum Gasteiger partial charge on any atom is 0.227 e. The number of halogens is 3. The summed E-state index contributed by atoms with van der Waals surface area (Å²) in [6.45, 7) is 0. The molecule has 2 aromatic carbocycles. The van der Waals surface area contributed by atoms with Crippen molar-refractivity contribution in [1.82, 2.24) is 4.98 Å². The van der Waals surface area contributed by atoms with Gasteiger partial charge in [0.15, 0.2) is 5.58 Å². The van der Waals surface area contributed by atoms with Crippen LogP contribution < -0.4 is 5.73 Å². The lowest BCUT2D eigenvalue weighted by Crippen LogP contribution is -1.84. The summed E-state index contributed by atoms with van der Waals surface area (Å²) in [5.74, 6) is -0.217. The molecule has 0 aliphatic heterocycles. The van der Waals surface area contributed by atoms with Crippen LogP contribution in [0.1, 0.15) is 0 Å². The van der Waals surface area contributed by atoms with Gasteiger partial charge in [-0.25, -0.2) is 9.37 Å². The maximum atomic E-state index is 13.4. The molecule has 0 aliphatic rings. The highest BCUT2D eigenvalue weighted by Crippen LogP contribution is 2.31. The van der Waals surface area contributed by atoms with E-state index in [1.165, 1.54) is 12.1 Å². The number of oxazole rings is 1. The van der Waals surface area contributed by atoms with Crippen molar-refractivity contribution in [2.45, 2.75) is 0 Å². The minimum Gasteiger partial charge on any atom is -0.434 e. The Morgan fingerprint density at radius 1 is 1.26 bits per heavy atom. The smallest absolute Gasteiger partial charge is 0.227 e. The Morgan fingerprint density at radius 3 is 2.79 bits per heavy atom. The highest BCUT2D eigenvalue weighted by molar-refractivity contribution is 9.10. The molecule has 0 saturated heterocycles. The van der Waals surface area contributed by atoms with E-state index in [2.05, 4.69) is 20.9 Å². The van der Waals surface area contributed by atoms with Crippen molar-refractivity contribution in [3.63, 3.8) is 0 Å².